The monoisotopic (exact) mass is 413 g/mol. The van der Waals surface area contributed by atoms with E-state index < -0.39 is 18.5 Å². The van der Waals surface area contributed by atoms with E-state index in [4.69, 9.17) is 15.6 Å². The van der Waals surface area contributed by atoms with E-state index in [1.807, 2.05) is 37.3 Å². The van der Waals surface area contributed by atoms with Crippen molar-refractivity contribution in [3.63, 3.8) is 0 Å². The largest absolute Gasteiger partial charge is 0.481 e. The first kappa shape index (κ1) is 20.4. The molecule has 0 saturated carbocycles. The Balaban J connectivity index is 1.94. The fourth-order valence-corrected chi connectivity index (χ4v) is 4.27. The number of hydrogen-bond acceptors (Lipinski definition) is 3. The quantitative estimate of drug-likeness (QED) is 0.577. The Morgan fingerprint density at radius 1 is 1.00 bits per heavy atom. The summed E-state index contributed by atoms with van der Waals surface area (Å²) in [5.74, 6) is -1.05. The second kappa shape index (κ2) is 8.48. The van der Waals surface area contributed by atoms with E-state index in [2.05, 4.69) is 30.3 Å². The van der Waals surface area contributed by atoms with Crippen molar-refractivity contribution in [2.75, 3.05) is 6.61 Å². The number of carboxylic acid groups (broad SMARTS) is 1. The number of benzene rings is 3. The average molecular weight is 413 g/mol. The highest BCUT2D eigenvalue weighted by atomic mass is 16.5. The highest BCUT2D eigenvalue weighted by molar-refractivity contribution is 6.11. The van der Waals surface area contributed by atoms with E-state index in [0.29, 0.717) is 12.2 Å². The number of carbonyl (C=O) groups excluding carboxylic acids is 1. The smallest absolute Gasteiger partial charge is 0.341 e. The number of rotatable bonds is 7. The Morgan fingerprint density at radius 2 is 1.74 bits per heavy atom. The van der Waals surface area contributed by atoms with E-state index in [0.717, 1.165) is 44.2 Å². The van der Waals surface area contributed by atoms with Gasteiger partial charge in [0.25, 0.3) is 0 Å². The van der Waals surface area contributed by atoms with E-state index in [1.54, 1.807) is 6.07 Å². The zero-order valence-electron chi connectivity index (χ0n) is 17.2. The number of amides is 1. The second-order valence-corrected chi connectivity index (χ2v) is 7.44. The normalized spacial score (nSPS) is 14.2. The van der Waals surface area contributed by atoms with Crippen LogP contribution < -0.4 is 10.5 Å². The summed E-state index contributed by atoms with van der Waals surface area (Å²) in [6, 6.07) is 19.9. The van der Waals surface area contributed by atoms with Gasteiger partial charge in [0.15, 0.2) is 6.61 Å². The van der Waals surface area contributed by atoms with Crippen LogP contribution in [0.3, 0.4) is 0 Å². The molecule has 1 aliphatic rings. The Kier molecular flexibility index (Phi) is 5.58. The first-order valence-corrected chi connectivity index (χ1v) is 10.2. The third-order valence-corrected chi connectivity index (χ3v) is 5.49. The number of allylic oxidation sites excluding steroid dienone is 2. The molecule has 3 aromatic rings. The number of carbonyl (C=O) groups is 2. The molecule has 31 heavy (non-hydrogen) atoms. The van der Waals surface area contributed by atoms with E-state index in [1.165, 1.54) is 0 Å². The molecule has 0 aliphatic heterocycles. The van der Waals surface area contributed by atoms with Crippen LogP contribution in [0, 0.1) is 0 Å². The van der Waals surface area contributed by atoms with Crippen molar-refractivity contribution in [1.29, 1.82) is 0 Å². The van der Waals surface area contributed by atoms with Crippen LogP contribution in [0.15, 0.2) is 66.2 Å². The number of hydrogen-bond donors (Lipinski definition) is 2. The predicted molar refractivity (Wildman–Crippen MR) is 122 cm³/mol. The Morgan fingerprint density at radius 3 is 2.48 bits per heavy atom. The van der Waals surface area contributed by atoms with E-state index >= 15 is 0 Å². The predicted octanol–water partition coefficient (Wildman–Crippen LogP) is 4.90. The minimum atomic E-state index is -1.06. The van der Waals surface area contributed by atoms with Crippen LogP contribution in [0.2, 0.25) is 0 Å². The minimum Gasteiger partial charge on any atom is -0.481 e. The van der Waals surface area contributed by atoms with Gasteiger partial charge >= 0.3 is 5.97 Å². The van der Waals surface area contributed by atoms with E-state index in [-0.39, 0.29) is 6.42 Å². The Hall–Kier alpha value is -3.86. The van der Waals surface area contributed by atoms with Gasteiger partial charge < -0.3 is 15.6 Å². The van der Waals surface area contributed by atoms with Gasteiger partial charge in [-0.15, -0.1) is 0 Å². The summed E-state index contributed by atoms with van der Waals surface area (Å²) < 4.78 is 5.57. The van der Waals surface area contributed by atoms with Crippen molar-refractivity contribution in [1.82, 2.24) is 0 Å². The fourth-order valence-electron chi connectivity index (χ4n) is 4.27. The SMILES string of the molecule is CCC1=C(CC(N)=O)c2c(OCC(=O)O)cccc2C1=Cc1cccc2ccccc12. The number of nitrogens with two attached hydrogens (primary N) is 1. The molecule has 3 N–H and O–H groups in total. The number of carboxylic acids is 1. The summed E-state index contributed by atoms with van der Waals surface area (Å²) in [5, 5.41) is 11.3. The molecule has 0 saturated heterocycles. The highest BCUT2D eigenvalue weighted by Gasteiger charge is 2.29. The zero-order valence-corrected chi connectivity index (χ0v) is 17.2. The molecule has 0 fully saturated rings. The van der Waals surface area contributed by atoms with Crippen molar-refractivity contribution in [2.24, 2.45) is 5.73 Å². The van der Waals surface area contributed by atoms with Crippen LogP contribution in [-0.2, 0) is 9.59 Å². The van der Waals surface area contributed by atoms with Gasteiger partial charge in [0.2, 0.25) is 5.91 Å². The van der Waals surface area contributed by atoms with Gasteiger partial charge in [-0.25, -0.2) is 4.79 Å². The summed E-state index contributed by atoms with van der Waals surface area (Å²) in [6.45, 7) is 1.58. The molecule has 0 aromatic heterocycles. The molecular weight excluding hydrogens is 390 g/mol. The maximum atomic E-state index is 11.9. The standard InChI is InChI=1S/C26H23NO4/c1-2-18-21(13-17-9-5-8-16-7-3-4-10-19(16)17)20-11-6-12-23(31-15-25(29)30)26(20)22(18)14-24(27)28/h3-13H,2,14-15H2,1H3,(H2,27,28)(H,29,30). The summed E-state index contributed by atoms with van der Waals surface area (Å²) in [5.41, 5.74) is 11.1. The molecule has 4 rings (SSSR count). The maximum absolute atomic E-state index is 11.9. The first-order valence-electron chi connectivity index (χ1n) is 10.2. The summed E-state index contributed by atoms with van der Waals surface area (Å²) in [7, 11) is 0. The minimum absolute atomic E-state index is 0.0660. The van der Waals surface area contributed by atoms with Gasteiger partial charge in [0.1, 0.15) is 5.75 Å². The molecule has 156 valence electrons. The lowest BCUT2D eigenvalue weighted by Crippen LogP contribution is -2.13. The number of fused-ring (bicyclic) bond motifs is 2. The summed E-state index contributed by atoms with van der Waals surface area (Å²) in [6.07, 6.45) is 2.90. The molecule has 0 radical (unpaired) electrons. The van der Waals surface area contributed by atoms with Crippen LogP contribution in [-0.4, -0.2) is 23.6 Å². The third kappa shape index (κ3) is 3.94. The van der Waals surface area contributed by atoms with Crippen molar-refractivity contribution >= 4 is 39.9 Å². The van der Waals surface area contributed by atoms with Gasteiger partial charge in [0, 0.05) is 5.56 Å². The van der Waals surface area contributed by atoms with Crippen LogP contribution in [0.1, 0.15) is 36.5 Å². The zero-order chi connectivity index (χ0) is 22.0. The molecule has 5 heteroatoms. The molecule has 0 unspecified atom stereocenters. The van der Waals surface area contributed by atoms with Crippen LogP contribution >= 0.6 is 0 Å². The third-order valence-electron chi connectivity index (χ3n) is 5.49. The molecule has 1 amide bonds. The molecule has 0 atom stereocenters. The van der Waals surface area contributed by atoms with Crippen molar-refractivity contribution in [3.8, 4) is 5.75 Å². The highest BCUT2D eigenvalue weighted by Crippen LogP contribution is 2.49. The fraction of sp³-hybridized carbons (Fsp3) is 0.154. The van der Waals surface area contributed by atoms with Crippen LogP contribution in [0.25, 0.3) is 28.0 Å². The van der Waals surface area contributed by atoms with Gasteiger partial charge in [-0.05, 0) is 57.2 Å². The van der Waals surface area contributed by atoms with E-state index in [9.17, 15) is 9.59 Å². The maximum Gasteiger partial charge on any atom is 0.341 e. The molecular formula is C26H23NO4. The summed E-state index contributed by atoms with van der Waals surface area (Å²) >= 11 is 0. The molecule has 5 nitrogen and oxygen atoms in total. The van der Waals surface area contributed by atoms with Gasteiger partial charge in [-0.1, -0.05) is 61.5 Å². The van der Waals surface area contributed by atoms with Crippen LogP contribution in [0.4, 0.5) is 0 Å². The van der Waals surface area contributed by atoms with Crippen molar-refractivity contribution < 1.29 is 19.4 Å². The van der Waals surface area contributed by atoms with Crippen molar-refractivity contribution in [3.05, 3.63) is 82.9 Å². The topological polar surface area (TPSA) is 89.6 Å². The van der Waals surface area contributed by atoms with Gasteiger partial charge in [0.05, 0.1) is 6.42 Å². The van der Waals surface area contributed by atoms with Gasteiger partial charge in [-0.3, -0.25) is 4.79 Å². The number of primary amides is 1. The lowest BCUT2D eigenvalue weighted by molar-refractivity contribution is -0.139. The number of ether oxygens (including phenoxy) is 1. The number of aliphatic carboxylic acids is 1. The van der Waals surface area contributed by atoms with Crippen LogP contribution in [0.5, 0.6) is 5.75 Å². The Labute approximate surface area is 180 Å². The molecule has 1 aliphatic carbocycles. The van der Waals surface area contributed by atoms with Crippen molar-refractivity contribution in [2.45, 2.75) is 19.8 Å². The lowest BCUT2D eigenvalue weighted by atomic mass is 9.96. The molecule has 0 spiro atoms. The first-order chi connectivity index (χ1) is 15.0. The lowest BCUT2D eigenvalue weighted by Gasteiger charge is -2.12. The second-order valence-electron chi connectivity index (χ2n) is 7.44. The molecule has 0 bridgehead atoms. The van der Waals surface area contributed by atoms with Gasteiger partial charge in [-0.2, -0.15) is 0 Å². The summed E-state index contributed by atoms with van der Waals surface area (Å²) in [4.78, 5) is 22.9. The Bertz CT molecular complexity index is 1250. The molecule has 3 aromatic carbocycles. The average Bonchev–Trinajstić information content (AvgIpc) is 3.05. The molecule has 0 heterocycles.